The minimum Gasteiger partial charge on any atom is -0.456 e. The van der Waals surface area contributed by atoms with Crippen LogP contribution in [0.4, 0.5) is 0 Å². The van der Waals surface area contributed by atoms with Gasteiger partial charge in [-0.3, -0.25) is 4.79 Å². The highest BCUT2D eigenvalue weighted by Crippen LogP contribution is 2.29. The minimum absolute atomic E-state index is 0.0409. The number of carbonyl (C=O) groups is 1. The molecule has 0 radical (unpaired) electrons. The van der Waals surface area contributed by atoms with Crippen LogP contribution >= 0.6 is 15.9 Å². The van der Waals surface area contributed by atoms with Crippen LogP contribution < -0.4 is 10.1 Å². The van der Waals surface area contributed by atoms with Gasteiger partial charge < -0.3 is 15.0 Å². The number of nitrogens with zero attached hydrogens (tertiary/aromatic N) is 1. The van der Waals surface area contributed by atoms with Crippen LogP contribution in [0.25, 0.3) is 0 Å². The molecule has 0 saturated carbocycles. The Morgan fingerprint density at radius 1 is 1.29 bits per heavy atom. The maximum atomic E-state index is 12.9. The highest BCUT2D eigenvalue weighted by molar-refractivity contribution is 9.10. The summed E-state index contributed by atoms with van der Waals surface area (Å²) in [6.07, 6.45) is 1.04. The smallest absolute Gasteiger partial charge is 0.257 e. The molecule has 1 saturated heterocycles. The first-order valence-electron chi connectivity index (χ1n) is 8.13. The number of amides is 1. The molecule has 0 unspecified atom stereocenters. The van der Waals surface area contributed by atoms with Crippen LogP contribution in [0.15, 0.2) is 53.0 Å². The van der Waals surface area contributed by atoms with Crippen LogP contribution in [0.5, 0.6) is 11.5 Å². The zero-order valence-corrected chi connectivity index (χ0v) is 15.3. The summed E-state index contributed by atoms with van der Waals surface area (Å²) in [6, 6.07) is 15.1. The molecule has 1 heterocycles. The van der Waals surface area contributed by atoms with Gasteiger partial charge in [-0.15, -0.1) is 0 Å². The van der Waals surface area contributed by atoms with Gasteiger partial charge in [-0.1, -0.05) is 34.1 Å². The molecule has 1 amide bonds. The maximum absolute atomic E-state index is 12.9. The van der Waals surface area contributed by atoms with Gasteiger partial charge in [0, 0.05) is 17.6 Å². The van der Waals surface area contributed by atoms with Gasteiger partial charge in [0.25, 0.3) is 5.91 Å². The molecule has 1 fully saturated rings. The van der Waals surface area contributed by atoms with Crippen LogP contribution in [0.2, 0.25) is 0 Å². The van der Waals surface area contributed by atoms with E-state index in [4.69, 9.17) is 4.74 Å². The average molecular weight is 389 g/mol. The fourth-order valence-electron chi connectivity index (χ4n) is 3.03. The van der Waals surface area contributed by atoms with Crippen molar-refractivity contribution in [1.82, 2.24) is 10.2 Å². The second-order valence-corrected chi connectivity index (χ2v) is 6.93. The number of benzene rings is 2. The van der Waals surface area contributed by atoms with Crippen molar-refractivity contribution >= 4 is 21.8 Å². The highest BCUT2D eigenvalue weighted by Gasteiger charge is 2.28. The van der Waals surface area contributed by atoms with E-state index in [1.54, 1.807) is 0 Å². The molecule has 1 aliphatic rings. The molecule has 0 bridgehead atoms. The Bertz CT molecular complexity index is 720. The standard InChI is InChI=1S/C19H21BrN2O2/c1-21-12-14-9-10-22(13-14)19(23)17-7-2-3-8-18(17)24-16-6-4-5-15(20)11-16/h2-8,11,14,21H,9-10,12-13H2,1H3/t14-/m0/s1. The molecular weight excluding hydrogens is 368 g/mol. The Morgan fingerprint density at radius 3 is 2.92 bits per heavy atom. The molecule has 3 rings (SSSR count). The number of likely N-dealkylation sites (tertiary alicyclic amines) is 1. The molecule has 0 spiro atoms. The predicted molar refractivity (Wildman–Crippen MR) is 98.6 cm³/mol. The van der Waals surface area contributed by atoms with Crippen LogP contribution in [0.3, 0.4) is 0 Å². The molecule has 1 aliphatic heterocycles. The Labute approximate surface area is 150 Å². The Hall–Kier alpha value is -1.85. The minimum atomic E-state index is 0.0409. The lowest BCUT2D eigenvalue weighted by Crippen LogP contribution is -2.30. The Morgan fingerprint density at radius 2 is 2.12 bits per heavy atom. The van der Waals surface area contributed by atoms with E-state index >= 15 is 0 Å². The summed E-state index contributed by atoms with van der Waals surface area (Å²) in [5.41, 5.74) is 0.614. The molecule has 126 valence electrons. The third-order valence-corrected chi connectivity index (χ3v) is 4.70. The van der Waals surface area contributed by atoms with E-state index in [2.05, 4.69) is 21.2 Å². The van der Waals surface area contributed by atoms with E-state index in [-0.39, 0.29) is 5.91 Å². The van der Waals surface area contributed by atoms with Gasteiger partial charge in [-0.2, -0.15) is 0 Å². The molecule has 4 nitrogen and oxygen atoms in total. The topological polar surface area (TPSA) is 41.6 Å². The summed E-state index contributed by atoms with van der Waals surface area (Å²) in [4.78, 5) is 14.8. The van der Waals surface area contributed by atoms with Crippen LogP contribution in [-0.2, 0) is 0 Å². The van der Waals surface area contributed by atoms with E-state index in [1.807, 2.05) is 60.5 Å². The van der Waals surface area contributed by atoms with Gasteiger partial charge in [0.1, 0.15) is 11.5 Å². The summed E-state index contributed by atoms with van der Waals surface area (Å²) in [5.74, 6) is 1.87. The van der Waals surface area contributed by atoms with Crippen molar-refractivity contribution in [3.63, 3.8) is 0 Å². The van der Waals surface area contributed by atoms with Gasteiger partial charge in [0.2, 0.25) is 0 Å². The SMILES string of the molecule is CNC[C@@H]1CCN(C(=O)c2ccccc2Oc2cccc(Br)c2)C1. The van der Waals surface area contributed by atoms with Crippen LogP contribution in [-0.4, -0.2) is 37.5 Å². The number of hydrogen-bond acceptors (Lipinski definition) is 3. The van der Waals surface area contributed by atoms with Crippen LogP contribution in [0, 0.1) is 5.92 Å². The molecule has 24 heavy (non-hydrogen) atoms. The number of carbonyl (C=O) groups excluding carboxylic acids is 1. The lowest BCUT2D eigenvalue weighted by Gasteiger charge is -2.19. The number of ether oxygens (including phenoxy) is 1. The molecule has 0 aromatic heterocycles. The molecule has 2 aromatic rings. The predicted octanol–water partition coefficient (Wildman–Crippen LogP) is 3.92. The van der Waals surface area contributed by atoms with Crippen LogP contribution in [0.1, 0.15) is 16.8 Å². The summed E-state index contributed by atoms with van der Waals surface area (Å²) in [5, 5.41) is 3.19. The van der Waals surface area contributed by atoms with Crippen molar-refractivity contribution in [2.45, 2.75) is 6.42 Å². The molecule has 1 atom stereocenters. The molecule has 0 aliphatic carbocycles. The summed E-state index contributed by atoms with van der Waals surface area (Å²) in [7, 11) is 1.95. The van der Waals surface area contributed by atoms with Crippen molar-refractivity contribution in [2.75, 3.05) is 26.7 Å². The molecule has 2 aromatic carbocycles. The van der Waals surface area contributed by atoms with Crippen molar-refractivity contribution in [1.29, 1.82) is 0 Å². The zero-order valence-electron chi connectivity index (χ0n) is 13.7. The van der Waals surface area contributed by atoms with Crippen molar-refractivity contribution < 1.29 is 9.53 Å². The van der Waals surface area contributed by atoms with Gasteiger partial charge in [-0.05, 0) is 56.3 Å². The third-order valence-electron chi connectivity index (χ3n) is 4.21. The molecular formula is C19H21BrN2O2. The maximum Gasteiger partial charge on any atom is 0.257 e. The normalized spacial score (nSPS) is 17.1. The van der Waals surface area contributed by atoms with E-state index < -0.39 is 0 Å². The van der Waals surface area contributed by atoms with Gasteiger partial charge in [0.15, 0.2) is 0 Å². The number of nitrogens with one attached hydrogen (secondary N) is 1. The van der Waals surface area contributed by atoms with Crippen molar-refractivity contribution in [2.24, 2.45) is 5.92 Å². The Kier molecular flexibility index (Phi) is 5.53. The first kappa shape index (κ1) is 17.0. The van der Waals surface area contributed by atoms with E-state index in [9.17, 15) is 4.79 Å². The zero-order chi connectivity index (χ0) is 16.9. The van der Waals surface area contributed by atoms with Gasteiger partial charge in [0.05, 0.1) is 5.56 Å². The third kappa shape index (κ3) is 3.97. The first-order chi connectivity index (χ1) is 11.7. The number of hydrogen-bond donors (Lipinski definition) is 1. The van der Waals surface area contributed by atoms with E-state index in [0.29, 0.717) is 23.0 Å². The lowest BCUT2D eigenvalue weighted by molar-refractivity contribution is 0.0784. The van der Waals surface area contributed by atoms with Crippen molar-refractivity contribution in [3.05, 3.63) is 58.6 Å². The summed E-state index contributed by atoms with van der Waals surface area (Å²) < 4.78 is 6.90. The quantitative estimate of drug-likeness (QED) is 0.843. The second kappa shape index (κ2) is 7.81. The fourth-order valence-corrected chi connectivity index (χ4v) is 3.41. The van der Waals surface area contributed by atoms with Gasteiger partial charge >= 0.3 is 0 Å². The Balaban J connectivity index is 1.78. The largest absolute Gasteiger partial charge is 0.456 e. The second-order valence-electron chi connectivity index (χ2n) is 6.02. The molecule has 1 N–H and O–H groups in total. The van der Waals surface area contributed by atoms with Crippen molar-refractivity contribution in [3.8, 4) is 11.5 Å². The monoisotopic (exact) mass is 388 g/mol. The van der Waals surface area contributed by atoms with Gasteiger partial charge in [-0.25, -0.2) is 0 Å². The number of halogens is 1. The summed E-state index contributed by atoms with van der Waals surface area (Å²) >= 11 is 3.44. The fraction of sp³-hybridized carbons (Fsp3) is 0.316. The lowest BCUT2D eigenvalue weighted by atomic mass is 10.1. The van der Waals surface area contributed by atoms with E-state index in [1.165, 1.54) is 0 Å². The molecule has 5 heteroatoms. The number of para-hydroxylation sites is 1. The van der Waals surface area contributed by atoms with E-state index in [0.717, 1.165) is 30.5 Å². The summed E-state index contributed by atoms with van der Waals surface area (Å²) in [6.45, 7) is 2.54. The first-order valence-corrected chi connectivity index (χ1v) is 8.93. The highest BCUT2D eigenvalue weighted by atomic mass is 79.9. The average Bonchev–Trinajstić information content (AvgIpc) is 3.04. The number of rotatable bonds is 5.